The number of carbonyl (C=O) groups is 1. The van der Waals surface area contributed by atoms with Gasteiger partial charge in [0.15, 0.2) is 5.75 Å². The summed E-state index contributed by atoms with van der Waals surface area (Å²) < 4.78 is 29.8. The van der Waals surface area contributed by atoms with Crippen LogP contribution in [-0.4, -0.2) is 14.3 Å². The van der Waals surface area contributed by atoms with Crippen LogP contribution in [-0.2, 0) is 21.3 Å². The summed E-state index contributed by atoms with van der Waals surface area (Å²) in [6.45, 7) is 3.33. The Morgan fingerprint density at radius 1 is 1.09 bits per heavy atom. The molecule has 0 spiro atoms. The highest BCUT2D eigenvalue weighted by atomic mass is 32.2. The topological polar surface area (TPSA) is 72.5 Å². The number of aryl methyl sites for hydroxylation is 1. The summed E-state index contributed by atoms with van der Waals surface area (Å²) in [6.07, 6.45) is 0.826. The molecule has 0 unspecified atom stereocenters. The van der Waals surface area contributed by atoms with Gasteiger partial charge in [0.05, 0.1) is 5.69 Å². The summed E-state index contributed by atoms with van der Waals surface area (Å²) in [5.74, 6) is -0.224. The Kier molecular flexibility index (Phi) is 4.82. The average Bonchev–Trinajstić information content (AvgIpc) is 2.48. The first-order chi connectivity index (χ1) is 10.4. The van der Waals surface area contributed by atoms with Crippen molar-refractivity contribution >= 4 is 21.7 Å². The quantitative estimate of drug-likeness (QED) is 0.860. The fraction of sp³-hybridized carbons (Fsp3) is 0.188. The van der Waals surface area contributed by atoms with Crippen LogP contribution in [0.3, 0.4) is 0 Å². The van der Waals surface area contributed by atoms with Crippen LogP contribution in [0.5, 0.6) is 5.75 Å². The lowest BCUT2D eigenvalue weighted by Gasteiger charge is -2.11. The average molecular weight is 319 g/mol. The van der Waals surface area contributed by atoms with Gasteiger partial charge in [0, 0.05) is 6.92 Å². The van der Waals surface area contributed by atoms with E-state index in [1.165, 1.54) is 25.1 Å². The third-order valence-electron chi connectivity index (χ3n) is 3.02. The molecular formula is C16H17NO4S. The highest BCUT2D eigenvalue weighted by Crippen LogP contribution is 2.27. The van der Waals surface area contributed by atoms with E-state index in [0.717, 1.165) is 12.0 Å². The van der Waals surface area contributed by atoms with Gasteiger partial charge in [-0.25, -0.2) is 0 Å². The Hall–Kier alpha value is -2.34. The standard InChI is InChI=1S/C16H17NO4S/c1-3-13-8-10-14(11-9-13)22(19,20)21-16-7-5-4-6-15(16)17-12(2)18/h4-11H,3H2,1-2H3,(H,17,18). The molecule has 0 aromatic heterocycles. The summed E-state index contributed by atoms with van der Waals surface area (Å²) in [4.78, 5) is 11.2. The molecular weight excluding hydrogens is 302 g/mol. The lowest BCUT2D eigenvalue weighted by Crippen LogP contribution is -2.13. The van der Waals surface area contributed by atoms with Crippen molar-refractivity contribution in [2.45, 2.75) is 25.2 Å². The number of para-hydroxylation sites is 2. The molecule has 0 heterocycles. The third-order valence-corrected chi connectivity index (χ3v) is 4.27. The van der Waals surface area contributed by atoms with Crippen molar-refractivity contribution < 1.29 is 17.4 Å². The van der Waals surface area contributed by atoms with Crippen molar-refractivity contribution in [3.8, 4) is 5.75 Å². The van der Waals surface area contributed by atoms with Gasteiger partial charge in [-0.3, -0.25) is 4.79 Å². The first-order valence-electron chi connectivity index (χ1n) is 6.82. The van der Waals surface area contributed by atoms with Crippen LogP contribution in [0.4, 0.5) is 5.69 Å². The third kappa shape index (κ3) is 3.85. The molecule has 1 amide bonds. The van der Waals surface area contributed by atoms with Gasteiger partial charge in [-0.1, -0.05) is 31.2 Å². The van der Waals surface area contributed by atoms with E-state index >= 15 is 0 Å². The van der Waals surface area contributed by atoms with Gasteiger partial charge in [0.2, 0.25) is 5.91 Å². The maximum Gasteiger partial charge on any atom is 0.339 e. The van der Waals surface area contributed by atoms with Gasteiger partial charge < -0.3 is 9.50 Å². The number of amides is 1. The normalized spacial score (nSPS) is 11.0. The molecule has 116 valence electrons. The van der Waals surface area contributed by atoms with E-state index in [0.29, 0.717) is 5.69 Å². The zero-order chi connectivity index (χ0) is 16.2. The zero-order valence-corrected chi connectivity index (χ0v) is 13.2. The van der Waals surface area contributed by atoms with E-state index in [-0.39, 0.29) is 16.6 Å². The smallest absolute Gasteiger partial charge is 0.339 e. The number of rotatable bonds is 5. The summed E-state index contributed by atoms with van der Waals surface area (Å²) in [5, 5.41) is 2.54. The zero-order valence-electron chi connectivity index (χ0n) is 12.4. The molecule has 0 atom stereocenters. The molecule has 1 N–H and O–H groups in total. The second-order valence-electron chi connectivity index (χ2n) is 4.71. The van der Waals surface area contributed by atoms with Crippen LogP contribution in [0.15, 0.2) is 53.4 Å². The number of hydrogen-bond donors (Lipinski definition) is 1. The molecule has 2 aromatic rings. The molecule has 2 aromatic carbocycles. The van der Waals surface area contributed by atoms with Gasteiger partial charge in [-0.15, -0.1) is 0 Å². The van der Waals surface area contributed by atoms with Crippen molar-refractivity contribution in [1.29, 1.82) is 0 Å². The van der Waals surface area contributed by atoms with Crippen LogP contribution in [0.2, 0.25) is 0 Å². The van der Waals surface area contributed by atoms with E-state index in [1.807, 2.05) is 6.92 Å². The number of hydrogen-bond acceptors (Lipinski definition) is 4. The maximum absolute atomic E-state index is 12.3. The molecule has 0 bridgehead atoms. The van der Waals surface area contributed by atoms with Crippen LogP contribution in [0.25, 0.3) is 0 Å². The predicted molar refractivity (Wildman–Crippen MR) is 84.4 cm³/mol. The first-order valence-corrected chi connectivity index (χ1v) is 8.23. The molecule has 22 heavy (non-hydrogen) atoms. The molecule has 0 aliphatic rings. The predicted octanol–water partition coefficient (Wildman–Crippen LogP) is 2.98. The summed E-state index contributed by atoms with van der Waals surface area (Å²) >= 11 is 0. The lowest BCUT2D eigenvalue weighted by atomic mass is 10.2. The fourth-order valence-electron chi connectivity index (χ4n) is 1.89. The van der Waals surface area contributed by atoms with Crippen LogP contribution in [0, 0.1) is 0 Å². The van der Waals surface area contributed by atoms with Gasteiger partial charge in [0.1, 0.15) is 4.90 Å². The van der Waals surface area contributed by atoms with E-state index in [4.69, 9.17) is 4.18 Å². The van der Waals surface area contributed by atoms with Crippen molar-refractivity contribution in [2.75, 3.05) is 5.32 Å². The van der Waals surface area contributed by atoms with Crippen molar-refractivity contribution in [1.82, 2.24) is 0 Å². The maximum atomic E-state index is 12.3. The van der Waals surface area contributed by atoms with Gasteiger partial charge in [0.25, 0.3) is 0 Å². The minimum Gasteiger partial charge on any atom is -0.377 e. The van der Waals surface area contributed by atoms with Gasteiger partial charge in [-0.05, 0) is 36.2 Å². The van der Waals surface area contributed by atoms with Crippen LogP contribution in [0.1, 0.15) is 19.4 Å². The van der Waals surface area contributed by atoms with E-state index in [1.54, 1.807) is 30.3 Å². The van der Waals surface area contributed by atoms with Gasteiger partial charge in [-0.2, -0.15) is 8.42 Å². The number of anilines is 1. The molecule has 2 rings (SSSR count). The van der Waals surface area contributed by atoms with Crippen molar-refractivity contribution in [3.05, 3.63) is 54.1 Å². The molecule has 0 saturated carbocycles. The van der Waals surface area contributed by atoms with Crippen LogP contribution >= 0.6 is 0 Å². The number of benzene rings is 2. The lowest BCUT2D eigenvalue weighted by molar-refractivity contribution is -0.114. The molecule has 0 saturated heterocycles. The Morgan fingerprint density at radius 3 is 2.32 bits per heavy atom. The van der Waals surface area contributed by atoms with Crippen molar-refractivity contribution in [2.24, 2.45) is 0 Å². The monoisotopic (exact) mass is 319 g/mol. The molecule has 0 aliphatic carbocycles. The van der Waals surface area contributed by atoms with E-state index in [9.17, 15) is 13.2 Å². The molecule has 5 nitrogen and oxygen atoms in total. The Morgan fingerprint density at radius 2 is 1.73 bits per heavy atom. The van der Waals surface area contributed by atoms with E-state index in [2.05, 4.69) is 5.32 Å². The minimum absolute atomic E-state index is 0.0716. The Labute approximate surface area is 130 Å². The second kappa shape index (κ2) is 6.62. The number of carbonyl (C=O) groups excluding carboxylic acids is 1. The summed E-state index contributed by atoms with van der Waals surface area (Å²) in [5.41, 5.74) is 1.35. The van der Waals surface area contributed by atoms with Crippen LogP contribution < -0.4 is 9.50 Å². The SMILES string of the molecule is CCc1ccc(S(=O)(=O)Oc2ccccc2NC(C)=O)cc1. The van der Waals surface area contributed by atoms with E-state index < -0.39 is 10.1 Å². The molecule has 0 fully saturated rings. The number of nitrogens with one attached hydrogen (secondary N) is 1. The molecule has 6 heteroatoms. The fourth-order valence-corrected chi connectivity index (χ4v) is 2.84. The second-order valence-corrected chi connectivity index (χ2v) is 6.26. The summed E-state index contributed by atoms with van der Waals surface area (Å²) in [7, 11) is -3.95. The minimum atomic E-state index is -3.95. The molecule has 0 radical (unpaired) electrons. The summed E-state index contributed by atoms with van der Waals surface area (Å²) in [6, 6.07) is 12.9. The highest BCUT2D eigenvalue weighted by Gasteiger charge is 2.18. The Balaban J connectivity index is 2.30. The van der Waals surface area contributed by atoms with Crippen molar-refractivity contribution in [3.63, 3.8) is 0 Å². The molecule has 0 aliphatic heterocycles. The largest absolute Gasteiger partial charge is 0.377 e. The Bertz CT molecular complexity index is 767. The first kappa shape index (κ1) is 16.0. The van der Waals surface area contributed by atoms with Gasteiger partial charge >= 0.3 is 10.1 Å². The highest BCUT2D eigenvalue weighted by molar-refractivity contribution is 7.87.